The Kier molecular flexibility index (Phi) is 8.99. The summed E-state index contributed by atoms with van der Waals surface area (Å²) in [5, 5.41) is 14.9. The van der Waals surface area contributed by atoms with Crippen molar-refractivity contribution in [2.24, 2.45) is 0 Å². The van der Waals surface area contributed by atoms with Crippen LogP contribution in [0.5, 0.6) is 0 Å². The predicted octanol–water partition coefficient (Wildman–Crippen LogP) is 3.15. The highest BCUT2D eigenvalue weighted by Gasteiger charge is 2.15. The molecule has 0 aliphatic carbocycles. The fourth-order valence-corrected chi connectivity index (χ4v) is 2.33. The van der Waals surface area contributed by atoms with Crippen molar-refractivity contribution in [1.82, 2.24) is 10.2 Å². The molecular weight excluding hydrogens is 318 g/mol. The van der Waals surface area contributed by atoms with Crippen LogP contribution in [-0.4, -0.2) is 47.7 Å². The first kappa shape index (κ1) is 21.0. The van der Waals surface area contributed by atoms with Gasteiger partial charge in [-0.25, -0.2) is 4.79 Å². The van der Waals surface area contributed by atoms with Crippen molar-refractivity contribution in [1.29, 1.82) is 0 Å². The van der Waals surface area contributed by atoms with E-state index in [4.69, 9.17) is 5.11 Å². The van der Waals surface area contributed by atoms with E-state index < -0.39 is 0 Å². The van der Waals surface area contributed by atoms with Crippen LogP contribution in [0.25, 0.3) is 0 Å². The van der Waals surface area contributed by atoms with Gasteiger partial charge in [0, 0.05) is 30.4 Å². The summed E-state index contributed by atoms with van der Waals surface area (Å²) < 4.78 is 0. The number of nitrogens with zero attached hydrogens (tertiary/aromatic N) is 1. The second kappa shape index (κ2) is 10.7. The van der Waals surface area contributed by atoms with Crippen LogP contribution < -0.4 is 10.6 Å². The summed E-state index contributed by atoms with van der Waals surface area (Å²) in [6.07, 6.45) is 2.74. The minimum absolute atomic E-state index is 0.0646. The van der Waals surface area contributed by atoms with Gasteiger partial charge in [0.2, 0.25) is 0 Å². The zero-order chi connectivity index (χ0) is 18.8. The number of anilines is 1. The lowest BCUT2D eigenvalue weighted by atomic mass is 10.1. The van der Waals surface area contributed by atoms with Crippen LogP contribution in [0.2, 0.25) is 0 Å². The molecule has 0 aliphatic heterocycles. The Labute approximate surface area is 150 Å². The first-order valence-electron chi connectivity index (χ1n) is 9.01. The maximum absolute atomic E-state index is 12.4. The Balaban J connectivity index is 2.79. The molecule has 0 saturated carbocycles. The first-order valence-corrected chi connectivity index (χ1v) is 9.01. The highest BCUT2D eigenvalue weighted by molar-refractivity contribution is 5.96. The lowest BCUT2D eigenvalue weighted by molar-refractivity contribution is 0.0939. The Bertz CT molecular complexity index is 575. The van der Waals surface area contributed by atoms with Crippen molar-refractivity contribution in [2.45, 2.75) is 53.0 Å². The maximum atomic E-state index is 12.4. The second-order valence-electron chi connectivity index (χ2n) is 6.31. The molecule has 0 fully saturated rings. The average molecular weight is 349 g/mol. The minimum Gasteiger partial charge on any atom is -0.395 e. The van der Waals surface area contributed by atoms with Gasteiger partial charge in [-0.15, -0.1) is 0 Å². The largest absolute Gasteiger partial charge is 0.395 e. The van der Waals surface area contributed by atoms with Crippen LogP contribution in [0.3, 0.4) is 0 Å². The molecule has 3 N–H and O–H groups in total. The molecule has 0 aromatic heterocycles. The predicted molar refractivity (Wildman–Crippen MR) is 101 cm³/mol. The van der Waals surface area contributed by atoms with Crippen LogP contribution in [0.15, 0.2) is 18.2 Å². The summed E-state index contributed by atoms with van der Waals surface area (Å²) in [6.45, 7) is 8.75. The van der Waals surface area contributed by atoms with Gasteiger partial charge in [0.1, 0.15) is 0 Å². The fourth-order valence-electron chi connectivity index (χ4n) is 2.33. The van der Waals surface area contributed by atoms with Crippen LogP contribution in [0.4, 0.5) is 10.5 Å². The molecule has 1 atom stereocenters. The van der Waals surface area contributed by atoms with E-state index in [2.05, 4.69) is 17.6 Å². The number of amides is 3. The number of hydrogen-bond donors (Lipinski definition) is 3. The molecule has 140 valence electrons. The summed E-state index contributed by atoms with van der Waals surface area (Å²) >= 11 is 0. The SMILES string of the molecule is CCCCN(CCO)C(=O)Nc1ccc(C(=O)NC(C)CC)cc1C. The highest BCUT2D eigenvalue weighted by Crippen LogP contribution is 2.17. The van der Waals surface area contributed by atoms with Gasteiger partial charge in [-0.3, -0.25) is 4.79 Å². The van der Waals surface area contributed by atoms with E-state index in [-0.39, 0.29) is 24.6 Å². The molecule has 25 heavy (non-hydrogen) atoms. The molecule has 1 aromatic carbocycles. The van der Waals surface area contributed by atoms with Crippen molar-refractivity contribution in [3.8, 4) is 0 Å². The summed E-state index contributed by atoms with van der Waals surface area (Å²) in [5.41, 5.74) is 2.07. The molecule has 0 heterocycles. The van der Waals surface area contributed by atoms with Crippen LogP contribution >= 0.6 is 0 Å². The summed E-state index contributed by atoms with van der Waals surface area (Å²) in [7, 11) is 0. The van der Waals surface area contributed by atoms with Gasteiger partial charge in [-0.2, -0.15) is 0 Å². The minimum atomic E-state index is -0.234. The third-order valence-corrected chi connectivity index (χ3v) is 4.16. The number of benzene rings is 1. The number of nitrogens with one attached hydrogen (secondary N) is 2. The van der Waals surface area contributed by atoms with E-state index in [1.54, 1.807) is 23.1 Å². The van der Waals surface area contributed by atoms with Crippen molar-refractivity contribution < 1.29 is 14.7 Å². The molecule has 6 heteroatoms. The number of aliphatic hydroxyl groups is 1. The van der Waals surface area contributed by atoms with Crippen LogP contribution in [-0.2, 0) is 0 Å². The van der Waals surface area contributed by atoms with Crippen molar-refractivity contribution in [3.05, 3.63) is 29.3 Å². The molecule has 1 aromatic rings. The number of rotatable bonds is 9. The monoisotopic (exact) mass is 349 g/mol. The Morgan fingerprint density at radius 3 is 2.52 bits per heavy atom. The van der Waals surface area contributed by atoms with Crippen molar-refractivity contribution in [3.63, 3.8) is 0 Å². The summed E-state index contributed by atoms with van der Waals surface area (Å²) in [4.78, 5) is 26.2. The van der Waals surface area contributed by atoms with Gasteiger partial charge in [0.25, 0.3) is 5.91 Å². The smallest absolute Gasteiger partial charge is 0.321 e. The normalized spacial score (nSPS) is 11.7. The fraction of sp³-hybridized carbons (Fsp3) is 0.579. The van der Waals surface area contributed by atoms with E-state index in [0.717, 1.165) is 24.8 Å². The molecule has 0 spiro atoms. The molecule has 6 nitrogen and oxygen atoms in total. The quantitative estimate of drug-likeness (QED) is 0.640. The number of unbranched alkanes of at least 4 members (excludes halogenated alkanes) is 1. The lowest BCUT2D eigenvalue weighted by Crippen LogP contribution is -2.38. The van der Waals surface area contributed by atoms with E-state index in [1.165, 1.54) is 0 Å². The van der Waals surface area contributed by atoms with Crippen molar-refractivity contribution >= 4 is 17.6 Å². The van der Waals surface area contributed by atoms with Gasteiger partial charge < -0.3 is 20.6 Å². The molecule has 1 unspecified atom stereocenters. The molecular formula is C19H31N3O3. The van der Waals surface area contributed by atoms with Crippen LogP contribution in [0.1, 0.15) is 56.0 Å². The molecule has 0 aliphatic rings. The third-order valence-electron chi connectivity index (χ3n) is 4.16. The van der Waals surface area contributed by atoms with Gasteiger partial charge in [-0.1, -0.05) is 20.3 Å². The molecule has 0 saturated heterocycles. The summed E-state index contributed by atoms with van der Waals surface area (Å²) in [5.74, 6) is -0.111. The second-order valence-corrected chi connectivity index (χ2v) is 6.31. The third kappa shape index (κ3) is 6.74. The van der Waals surface area contributed by atoms with Gasteiger partial charge in [-0.05, 0) is 50.5 Å². The van der Waals surface area contributed by atoms with Crippen LogP contribution in [0, 0.1) is 6.92 Å². The molecule has 0 bridgehead atoms. The lowest BCUT2D eigenvalue weighted by Gasteiger charge is -2.22. The molecule has 1 rings (SSSR count). The molecule has 3 amide bonds. The van der Waals surface area contributed by atoms with Gasteiger partial charge in [0.05, 0.1) is 6.61 Å². The standard InChI is InChI=1S/C19H31N3O3/c1-5-7-10-22(11-12-23)19(25)21-17-9-8-16(13-14(17)3)18(24)20-15(4)6-2/h8-9,13,15,23H,5-7,10-12H2,1-4H3,(H,20,24)(H,21,25). The number of hydrogen-bond acceptors (Lipinski definition) is 3. The van der Waals surface area contributed by atoms with E-state index >= 15 is 0 Å². The number of aryl methyl sites for hydroxylation is 1. The number of carbonyl (C=O) groups excluding carboxylic acids is 2. The van der Waals surface area contributed by atoms with Crippen molar-refractivity contribution in [2.75, 3.05) is 25.0 Å². The highest BCUT2D eigenvalue weighted by atomic mass is 16.3. The average Bonchev–Trinajstić information content (AvgIpc) is 2.59. The van der Waals surface area contributed by atoms with Gasteiger partial charge >= 0.3 is 6.03 Å². The first-order chi connectivity index (χ1) is 11.9. The Morgan fingerprint density at radius 1 is 1.24 bits per heavy atom. The van der Waals surface area contributed by atoms with Gasteiger partial charge in [0.15, 0.2) is 0 Å². The van der Waals surface area contributed by atoms with E-state index in [0.29, 0.717) is 24.3 Å². The number of carbonyl (C=O) groups is 2. The summed E-state index contributed by atoms with van der Waals surface area (Å²) in [6, 6.07) is 5.12. The Morgan fingerprint density at radius 2 is 1.96 bits per heavy atom. The zero-order valence-electron chi connectivity index (χ0n) is 15.8. The zero-order valence-corrected chi connectivity index (χ0v) is 15.8. The number of urea groups is 1. The van der Waals surface area contributed by atoms with E-state index in [1.807, 2.05) is 20.8 Å². The Hall–Kier alpha value is -2.08. The topological polar surface area (TPSA) is 81.7 Å². The van der Waals surface area contributed by atoms with E-state index in [9.17, 15) is 9.59 Å². The molecule has 0 radical (unpaired) electrons. The number of aliphatic hydroxyl groups excluding tert-OH is 1. The maximum Gasteiger partial charge on any atom is 0.321 e.